The third kappa shape index (κ3) is 4.94. The summed E-state index contributed by atoms with van der Waals surface area (Å²) in [6.07, 6.45) is -0.579. The summed E-state index contributed by atoms with van der Waals surface area (Å²) in [6, 6.07) is 10.8. The van der Waals surface area contributed by atoms with Gasteiger partial charge in [0.25, 0.3) is 0 Å². The highest BCUT2D eigenvalue weighted by atomic mass is 79.9. The van der Waals surface area contributed by atoms with Crippen molar-refractivity contribution >= 4 is 49.4 Å². The summed E-state index contributed by atoms with van der Waals surface area (Å²) >= 11 is 9.36. The van der Waals surface area contributed by atoms with Crippen LogP contribution in [0.15, 0.2) is 51.8 Å². The van der Waals surface area contributed by atoms with Crippen molar-refractivity contribution in [3.63, 3.8) is 0 Å². The summed E-state index contributed by atoms with van der Waals surface area (Å²) in [5, 5.41) is 0.570. The van der Waals surface area contributed by atoms with Crippen molar-refractivity contribution < 1.29 is 22.7 Å². The molecule has 2 aromatic carbocycles. The summed E-state index contributed by atoms with van der Waals surface area (Å²) in [6.45, 7) is 3.88. The van der Waals surface area contributed by atoms with Crippen molar-refractivity contribution in [2.75, 3.05) is 20.2 Å². The number of methoxy groups -OCH3 is 1. The van der Waals surface area contributed by atoms with E-state index in [0.717, 1.165) is 5.56 Å². The molecule has 11 heteroatoms. The average molecular weight is 585 g/mol. The molecule has 35 heavy (non-hydrogen) atoms. The van der Waals surface area contributed by atoms with Crippen LogP contribution in [0.25, 0.3) is 0 Å². The third-order valence-corrected chi connectivity index (χ3v) is 9.11. The summed E-state index contributed by atoms with van der Waals surface area (Å²) in [5.41, 5.74) is 0.833. The molecule has 4 rings (SSSR count). The van der Waals surface area contributed by atoms with Crippen molar-refractivity contribution in [1.82, 2.24) is 14.1 Å². The van der Waals surface area contributed by atoms with Crippen molar-refractivity contribution in [3.8, 4) is 5.75 Å². The molecule has 0 radical (unpaired) electrons. The van der Waals surface area contributed by atoms with E-state index in [-0.39, 0.29) is 54.4 Å². The van der Waals surface area contributed by atoms with Crippen LogP contribution in [0.5, 0.6) is 5.75 Å². The zero-order valence-corrected chi connectivity index (χ0v) is 22.8. The summed E-state index contributed by atoms with van der Waals surface area (Å²) < 4.78 is 35.1. The maximum atomic E-state index is 13.9. The van der Waals surface area contributed by atoms with Gasteiger partial charge in [-0.1, -0.05) is 39.7 Å². The Morgan fingerprint density at radius 1 is 1.14 bits per heavy atom. The molecule has 0 N–H and O–H groups in total. The second-order valence-electron chi connectivity index (χ2n) is 8.87. The molecular weight excluding hydrogens is 558 g/mol. The molecule has 2 fully saturated rings. The van der Waals surface area contributed by atoms with E-state index in [1.54, 1.807) is 29.2 Å². The molecule has 2 amide bonds. The molecule has 2 aliphatic rings. The average Bonchev–Trinajstić information content (AvgIpc) is 2.81. The number of hydrogen-bond donors (Lipinski definition) is 0. The number of carbonyl (C=O) groups excluding carboxylic acids is 2. The second kappa shape index (κ2) is 10.1. The summed E-state index contributed by atoms with van der Waals surface area (Å²) in [5.74, 6) is -0.229. The molecule has 2 unspecified atom stereocenters. The molecule has 2 saturated heterocycles. The highest BCUT2D eigenvalue weighted by Crippen LogP contribution is 2.35. The Kier molecular flexibility index (Phi) is 7.47. The molecule has 0 spiro atoms. The topological polar surface area (TPSA) is 87.2 Å². The van der Waals surface area contributed by atoms with E-state index < -0.39 is 22.2 Å². The number of rotatable bonds is 6. The minimum atomic E-state index is -4.05. The lowest BCUT2D eigenvalue weighted by Crippen LogP contribution is -2.72. The van der Waals surface area contributed by atoms with Crippen LogP contribution in [0.3, 0.4) is 0 Å². The lowest BCUT2D eigenvalue weighted by atomic mass is 9.97. The van der Waals surface area contributed by atoms with Gasteiger partial charge in [0.1, 0.15) is 22.9 Å². The van der Waals surface area contributed by atoms with Crippen molar-refractivity contribution in [3.05, 3.63) is 57.5 Å². The smallest absolute Gasteiger partial charge is 0.248 e. The van der Waals surface area contributed by atoms with Gasteiger partial charge in [0.05, 0.1) is 13.7 Å². The first-order valence-corrected chi connectivity index (χ1v) is 13.9. The number of benzene rings is 2. The number of fused-ring (bicyclic) bond motifs is 1. The van der Waals surface area contributed by atoms with Gasteiger partial charge in [-0.2, -0.15) is 4.31 Å². The van der Waals surface area contributed by atoms with Gasteiger partial charge in [-0.3, -0.25) is 9.59 Å². The first-order chi connectivity index (χ1) is 16.5. The van der Waals surface area contributed by atoms with Crippen LogP contribution < -0.4 is 4.74 Å². The number of hydrogen-bond acceptors (Lipinski definition) is 5. The number of nitrogens with zero attached hydrogens (tertiary/aromatic N) is 3. The normalized spacial score (nSPS) is 21.4. The van der Waals surface area contributed by atoms with E-state index in [1.807, 2.05) is 26.0 Å². The number of ether oxygens (including phenoxy) is 1. The number of carbonyl (C=O) groups is 2. The Labute approximate surface area is 219 Å². The maximum absolute atomic E-state index is 13.9. The fraction of sp³-hybridized carbons (Fsp3) is 0.417. The number of amides is 2. The van der Waals surface area contributed by atoms with E-state index in [2.05, 4.69) is 15.9 Å². The van der Waals surface area contributed by atoms with Gasteiger partial charge >= 0.3 is 0 Å². The van der Waals surface area contributed by atoms with Crippen molar-refractivity contribution in [1.29, 1.82) is 0 Å². The summed E-state index contributed by atoms with van der Waals surface area (Å²) in [7, 11) is -2.63. The Balaban J connectivity index is 1.77. The van der Waals surface area contributed by atoms with Gasteiger partial charge in [0.2, 0.25) is 21.8 Å². The molecule has 2 aliphatic heterocycles. The fourth-order valence-electron chi connectivity index (χ4n) is 4.68. The number of sulfonamides is 1. The van der Waals surface area contributed by atoms with Crippen LogP contribution in [0.1, 0.15) is 25.8 Å². The molecule has 2 heterocycles. The molecule has 0 saturated carbocycles. The highest BCUT2D eigenvalue weighted by Gasteiger charge is 2.51. The van der Waals surface area contributed by atoms with E-state index >= 15 is 0 Å². The Morgan fingerprint density at radius 3 is 2.46 bits per heavy atom. The molecule has 0 aromatic heterocycles. The highest BCUT2D eigenvalue weighted by molar-refractivity contribution is 9.10. The minimum absolute atomic E-state index is 0.0132. The van der Waals surface area contributed by atoms with Gasteiger partial charge in [-0.25, -0.2) is 8.42 Å². The predicted octanol–water partition coefficient (Wildman–Crippen LogP) is 3.52. The van der Waals surface area contributed by atoms with E-state index in [0.29, 0.717) is 9.50 Å². The lowest BCUT2D eigenvalue weighted by Gasteiger charge is -2.52. The Hall–Kier alpha value is -2.14. The first kappa shape index (κ1) is 25.9. The molecule has 0 aliphatic carbocycles. The van der Waals surface area contributed by atoms with Gasteiger partial charge in [-0.15, -0.1) is 0 Å². The van der Waals surface area contributed by atoms with E-state index in [1.165, 1.54) is 22.4 Å². The Bertz CT molecular complexity index is 1240. The zero-order chi connectivity index (χ0) is 25.5. The van der Waals surface area contributed by atoms with Gasteiger partial charge in [-0.05, 0) is 49.7 Å². The van der Waals surface area contributed by atoms with Crippen molar-refractivity contribution in [2.45, 2.75) is 49.8 Å². The quantitative estimate of drug-likeness (QED) is 0.519. The molecule has 2 aromatic rings. The fourth-order valence-corrected chi connectivity index (χ4v) is 6.86. The van der Waals surface area contributed by atoms with E-state index in [4.69, 9.17) is 16.3 Å². The van der Waals surface area contributed by atoms with Gasteiger partial charge in [0.15, 0.2) is 0 Å². The largest absolute Gasteiger partial charge is 0.495 e. The van der Waals surface area contributed by atoms with E-state index in [9.17, 15) is 18.0 Å². The standard InChI is InChI=1S/C24H27BrClN3O5S/c1-15(2)27-14-22-28(35(32,33)21-9-6-17(25)13-20(21)34-3)11-10-23(30)29(22)19(24(27)31)12-16-4-7-18(26)8-5-16/h4-9,13,15,19,22H,10-12,14H2,1-3H3. The summed E-state index contributed by atoms with van der Waals surface area (Å²) in [4.78, 5) is 29.8. The van der Waals surface area contributed by atoms with Crippen LogP contribution in [-0.4, -0.2) is 72.8 Å². The lowest BCUT2D eigenvalue weighted by molar-refractivity contribution is -0.166. The van der Waals surface area contributed by atoms with Crippen LogP contribution >= 0.6 is 27.5 Å². The van der Waals surface area contributed by atoms with Crippen LogP contribution in [0.2, 0.25) is 5.02 Å². The molecular formula is C24H27BrClN3O5S. The zero-order valence-electron chi connectivity index (χ0n) is 19.6. The number of halogens is 2. The monoisotopic (exact) mass is 583 g/mol. The van der Waals surface area contributed by atoms with Crippen LogP contribution in [0.4, 0.5) is 0 Å². The van der Waals surface area contributed by atoms with Gasteiger partial charge in [0, 0.05) is 34.9 Å². The SMILES string of the molecule is COc1cc(Br)ccc1S(=O)(=O)N1CCC(=O)N2C(Cc3ccc(Cl)cc3)C(=O)N(C(C)C)CC21. The predicted molar refractivity (Wildman–Crippen MR) is 136 cm³/mol. The molecule has 2 atom stereocenters. The van der Waals surface area contributed by atoms with Crippen LogP contribution in [0, 0.1) is 0 Å². The molecule has 8 nitrogen and oxygen atoms in total. The van der Waals surface area contributed by atoms with Crippen molar-refractivity contribution in [2.24, 2.45) is 0 Å². The third-order valence-electron chi connectivity index (χ3n) is 6.43. The molecule has 0 bridgehead atoms. The minimum Gasteiger partial charge on any atom is -0.495 e. The van der Waals surface area contributed by atoms with Crippen LogP contribution in [-0.2, 0) is 26.0 Å². The number of piperazine rings is 1. The molecule has 188 valence electrons. The first-order valence-electron chi connectivity index (χ1n) is 11.3. The maximum Gasteiger partial charge on any atom is 0.248 e. The Morgan fingerprint density at radius 2 is 1.83 bits per heavy atom. The van der Waals surface area contributed by atoms with Gasteiger partial charge < -0.3 is 14.5 Å². The second-order valence-corrected chi connectivity index (χ2v) is 12.1.